The van der Waals surface area contributed by atoms with Crippen molar-refractivity contribution in [2.75, 3.05) is 18.0 Å². The van der Waals surface area contributed by atoms with Gasteiger partial charge in [0.25, 0.3) is 0 Å². The quantitative estimate of drug-likeness (QED) is 0.715. The summed E-state index contributed by atoms with van der Waals surface area (Å²) < 4.78 is 1.81. The van der Waals surface area contributed by atoms with Gasteiger partial charge in [0.2, 0.25) is 0 Å². The van der Waals surface area contributed by atoms with Gasteiger partial charge in [-0.15, -0.1) is 0 Å². The minimum atomic E-state index is 0.316. The lowest BCUT2D eigenvalue weighted by Crippen LogP contribution is -2.54. The molecule has 0 saturated carbocycles. The van der Waals surface area contributed by atoms with E-state index in [-0.39, 0.29) is 0 Å². The van der Waals surface area contributed by atoms with E-state index in [2.05, 4.69) is 29.8 Å². The van der Waals surface area contributed by atoms with E-state index in [9.17, 15) is 0 Å². The van der Waals surface area contributed by atoms with Crippen LogP contribution in [0.1, 0.15) is 19.4 Å². The molecule has 2 rings (SSSR count). The third-order valence-corrected chi connectivity index (χ3v) is 3.29. The van der Waals surface area contributed by atoms with Crippen LogP contribution >= 0.6 is 11.8 Å². The van der Waals surface area contributed by atoms with Crippen LogP contribution in [0.5, 0.6) is 0 Å². The van der Waals surface area contributed by atoms with E-state index < -0.39 is 0 Å². The lowest BCUT2D eigenvalue weighted by atomic mass is 10.1. The Bertz CT molecular complexity index is 413. The number of piperazine rings is 1. The van der Waals surface area contributed by atoms with Gasteiger partial charge in [0.05, 0.1) is 5.56 Å². The zero-order chi connectivity index (χ0) is 12.4. The number of nitriles is 1. The van der Waals surface area contributed by atoms with Gasteiger partial charge in [0.1, 0.15) is 11.9 Å². The molecule has 1 aliphatic rings. The maximum Gasteiger partial charge on any atom is 0.129 e. The van der Waals surface area contributed by atoms with E-state index in [0.717, 1.165) is 18.9 Å². The molecule has 1 aromatic rings. The van der Waals surface area contributed by atoms with Gasteiger partial charge in [-0.3, -0.25) is 0 Å². The number of anilines is 1. The molecule has 17 heavy (non-hydrogen) atoms. The van der Waals surface area contributed by atoms with Gasteiger partial charge in [-0.1, -0.05) is 0 Å². The second kappa shape index (κ2) is 4.91. The molecular weight excluding hydrogens is 236 g/mol. The van der Waals surface area contributed by atoms with Gasteiger partial charge in [-0.2, -0.15) is 5.26 Å². The summed E-state index contributed by atoms with van der Waals surface area (Å²) in [7, 11) is 0. The fourth-order valence-corrected chi connectivity index (χ4v) is 2.71. The average Bonchev–Trinajstić information content (AvgIpc) is 2.28. The first-order chi connectivity index (χ1) is 8.11. The predicted octanol–water partition coefficient (Wildman–Crippen LogP) is 2.01. The number of nitrogens with zero attached hydrogens (tertiary/aromatic N) is 4. The molecule has 2 atom stereocenters. The first-order valence-electron chi connectivity index (χ1n) is 5.67. The van der Waals surface area contributed by atoms with E-state index in [1.807, 2.05) is 10.5 Å². The number of aromatic nitrogens is 1. The molecule has 1 fully saturated rings. The molecule has 0 amide bonds. The zero-order valence-electron chi connectivity index (χ0n) is 9.97. The molecule has 2 heterocycles. The van der Waals surface area contributed by atoms with Crippen molar-refractivity contribution in [3.8, 4) is 6.07 Å². The topological polar surface area (TPSA) is 43.2 Å². The monoisotopic (exact) mass is 250 g/mol. The second-order valence-corrected chi connectivity index (χ2v) is 4.93. The van der Waals surface area contributed by atoms with Crippen LogP contribution in [0.3, 0.4) is 0 Å². The van der Waals surface area contributed by atoms with Crippen molar-refractivity contribution in [3.05, 3.63) is 23.9 Å². The first-order valence-corrected chi connectivity index (χ1v) is 6.01. The van der Waals surface area contributed by atoms with Crippen LogP contribution in [0.25, 0.3) is 0 Å². The highest BCUT2D eigenvalue weighted by molar-refractivity contribution is 6.13. The van der Waals surface area contributed by atoms with Crippen LogP contribution in [0.4, 0.5) is 5.82 Å². The predicted molar refractivity (Wildman–Crippen MR) is 67.8 cm³/mol. The molecule has 0 bridgehead atoms. The van der Waals surface area contributed by atoms with Crippen molar-refractivity contribution in [2.45, 2.75) is 25.9 Å². The van der Waals surface area contributed by atoms with Gasteiger partial charge in [-0.05, 0) is 37.8 Å². The number of halogens is 1. The molecule has 0 spiro atoms. The third-order valence-electron chi connectivity index (χ3n) is 3.02. The summed E-state index contributed by atoms with van der Waals surface area (Å²) >= 11 is 6.05. The summed E-state index contributed by atoms with van der Waals surface area (Å²) in [5, 5.41) is 8.75. The van der Waals surface area contributed by atoms with Crippen LogP contribution in [-0.4, -0.2) is 34.6 Å². The number of pyridine rings is 1. The SMILES string of the molecule is CC1CN(Cl)CC(C)N1c1ccc(C#N)cn1. The van der Waals surface area contributed by atoms with Gasteiger partial charge < -0.3 is 4.90 Å². The lowest BCUT2D eigenvalue weighted by molar-refractivity contribution is 0.313. The highest BCUT2D eigenvalue weighted by atomic mass is 35.5. The number of hydrogen-bond donors (Lipinski definition) is 0. The molecule has 1 aromatic heterocycles. The Labute approximate surface area is 107 Å². The maximum absolute atomic E-state index is 8.75. The Hall–Kier alpha value is -1.31. The van der Waals surface area contributed by atoms with Crippen molar-refractivity contribution < 1.29 is 0 Å². The van der Waals surface area contributed by atoms with Crippen molar-refractivity contribution in [1.82, 2.24) is 9.40 Å². The van der Waals surface area contributed by atoms with Crippen molar-refractivity contribution in [2.24, 2.45) is 0 Å². The Morgan fingerprint density at radius 2 is 2.00 bits per heavy atom. The molecule has 1 aliphatic heterocycles. The van der Waals surface area contributed by atoms with Crippen LogP contribution < -0.4 is 4.90 Å². The van der Waals surface area contributed by atoms with E-state index in [4.69, 9.17) is 17.0 Å². The molecule has 5 heteroatoms. The van der Waals surface area contributed by atoms with Gasteiger partial charge in [-0.25, -0.2) is 9.40 Å². The fourth-order valence-electron chi connectivity index (χ4n) is 2.31. The summed E-state index contributed by atoms with van der Waals surface area (Å²) in [6.07, 6.45) is 1.61. The number of rotatable bonds is 1. The summed E-state index contributed by atoms with van der Waals surface area (Å²) in [5.41, 5.74) is 0.588. The van der Waals surface area contributed by atoms with Gasteiger partial charge in [0, 0.05) is 31.4 Å². The van der Waals surface area contributed by atoms with Gasteiger partial charge >= 0.3 is 0 Å². The van der Waals surface area contributed by atoms with E-state index in [1.54, 1.807) is 12.3 Å². The standard InChI is InChI=1S/C12H15ClN4/c1-9-7-16(13)8-10(2)17(9)12-4-3-11(5-14)6-15-12/h3-4,6,9-10H,7-8H2,1-2H3. The molecule has 0 aromatic carbocycles. The number of hydrogen-bond acceptors (Lipinski definition) is 4. The molecule has 2 unspecified atom stereocenters. The highest BCUT2D eigenvalue weighted by Gasteiger charge is 2.29. The minimum Gasteiger partial charge on any atom is -0.349 e. The van der Waals surface area contributed by atoms with Crippen LogP contribution in [-0.2, 0) is 0 Å². The van der Waals surface area contributed by atoms with E-state index >= 15 is 0 Å². The summed E-state index contributed by atoms with van der Waals surface area (Å²) in [4.78, 5) is 6.59. The largest absolute Gasteiger partial charge is 0.349 e. The van der Waals surface area contributed by atoms with Crippen LogP contribution in [0.2, 0.25) is 0 Å². The second-order valence-electron chi connectivity index (χ2n) is 4.45. The van der Waals surface area contributed by atoms with Crippen LogP contribution in [0, 0.1) is 11.3 Å². The van der Waals surface area contributed by atoms with E-state index in [1.165, 1.54) is 0 Å². The van der Waals surface area contributed by atoms with Crippen molar-refractivity contribution >= 4 is 17.6 Å². The van der Waals surface area contributed by atoms with Crippen LogP contribution in [0.15, 0.2) is 18.3 Å². The lowest BCUT2D eigenvalue weighted by Gasteiger charge is -2.42. The normalized spacial score (nSPS) is 25.6. The molecule has 0 aliphatic carbocycles. The fraction of sp³-hybridized carbons (Fsp3) is 0.500. The zero-order valence-corrected chi connectivity index (χ0v) is 10.7. The summed E-state index contributed by atoms with van der Waals surface area (Å²) in [6.45, 7) is 5.89. The van der Waals surface area contributed by atoms with Crippen molar-refractivity contribution in [1.29, 1.82) is 5.26 Å². The minimum absolute atomic E-state index is 0.316. The smallest absolute Gasteiger partial charge is 0.129 e. The Morgan fingerprint density at radius 3 is 2.47 bits per heavy atom. The first kappa shape index (κ1) is 12.2. The summed E-state index contributed by atoms with van der Waals surface area (Å²) in [5.74, 6) is 0.911. The highest BCUT2D eigenvalue weighted by Crippen LogP contribution is 2.23. The third kappa shape index (κ3) is 2.51. The Kier molecular flexibility index (Phi) is 3.51. The molecular formula is C12H15ClN4. The van der Waals surface area contributed by atoms with Crippen molar-refractivity contribution in [3.63, 3.8) is 0 Å². The average molecular weight is 251 g/mol. The maximum atomic E-state index is 8.75. The molecule has 4 nitrogen and oxygen atoms in total. The Balaban J connectivity index is 2.23. The Morgan fingerprint density at radius 1 is 1.35 bits per heavy atom. The summed E-state index contributed by atoms with van der Waals surface area (Å²) in [6, 6.07) is 6.41. The van der Waals surface area contributed by atoms with Gasteiger partial charge in [0.15, 0.2) is 0 Å². The van der Waals surface area contributed by atoms with E-state index in [0.29, 0.717) is 17.6 Å². The molecule has 90 valence electrons. The molecule has 1 saturated heterocycles. The molecule has 0 radical (unpaired) electrons. The molecule has 0 N–H and O–H groups in total.